The SMILES string of the molecule is COc1ccc(CNc2nc(C)cc(C(=O)N(C)c3ccccc3)n2)cc1. The van der Waals surface area contributed by atoms with Crippen molar-refractivity contribution in [2.45, 2.75) is 13.5 Å². The fraction of sp³-hybridized carbons (Fsp3) is 0.190. The lowest BCUT2D eigenvalue weighted by atomic mass is 10.2. The molecular formula is C21H22N4O2. The van der Waals surface area contributed by atoms with Crippen LogP contribution in [0.25, 0.3) is 0 Å². The van der Waals surface area contributed by atoms with E-state index in [-0.39, 0.29) is 5.91 Å². The molecule has 3 rings (SSSR count). The van der Waals surface area contributed by atoms with Crippen molar-refractivity contribution in [2.24, 2.45) is 0 Å². The summed E-state index contributed by atoms with van der Waals surface area (Å²) in [5.74, 6) is 1.05. The summed E-state index contributed by atoms with van der Waals surface area (Å²) in [6, 6.07) is 18.9. The zero-order chi connectivity index (χ0) is 19.2. The second-order valence-corrected chi connectivity index (χ2v) is 6.12. The summed E-state index contributed by atoms with van der Waals surface area (Å²) in [5, 5.41) is 3.18. The first-order valence-corrected chi connectivity index (χ1v) is 8.62. The molecule has 0 aliphatic heterocycles. The van der Waals surface area contributed by atoms with E-state index < -0.39 is 0 Å². The predicted octanol–water partition coefficient (Wildman–Crippen LogP) is 3.68. The maximum Gasteiger partial charge on any atom is 0.276 e. The van der Waals surface area contributed by atoms with E-state index in [9.17, 15) is 4.79 Å². The summed E-state index contributed by atoms with van der Waals surface area (Å²) in [6.45, 7) is 2.40. The molecule has 3 aromatic rings. The summed E-state index contributed by atoms with van der Waals surface area (Å²) in [6.07, 6.45) is 0. The minimum absolute atomic E-state index is 0.181. The maximum absolute atomic E-state index is 12.8. The van der Waals surface area contributed by atoms with E-state index in [2.05, 4.69) is 15.3 Å². The number of rotatable bonds is 6. The number of amides is 1. The van der Waals surface area contributed by atoms with Crippen LogP contribution in [0.2, 0.25) is 0 Å². The minimum atomic E-state index is -0.181. The molecule has 1 aromatic heterocycles. The normalized spacial score (nSPS) is 10.3. The van der Waals surface area contributed by atoms with Gasteiger partial charge in [-0.15, -0.1) is 0 Å². The number of methoxy groups -OCH3 is 1. The first-order chi connectivity index (χ1) is 13.1. The molecule has 1 heterocycles. The zero-order valence-electron chi connectivity index (χ0n) is 15.6. The molecule has 6 heteroatoms. The molecule has 0 spiro atoms. The van der Waals surface area contributed by atoms with Gasteiger partial charge in [0.1, 0.15) is 11.4 Å². The molecule has 0 bridgehead atoms. The second kappa shape index (κ2) is 8.31. The predicted molar refractivity (Wildman–Crippen MR) is 106 cm³/mol. The van der Waals surface area contributed by atoms with E-state index in [0.717, 1.165) is 22.7 Å². The summed E-state index contributed by atoms with van der Waals surface area (Å²) in [7, 11) is 3.37. The highest BCUT2D eigenvalue weighted by atomic mass is 16.5. The molecule has 2 aromatic carbocycles. The molecule has 1 amide bonds. The number of benzene rings is 2. The molecule has 0 aliphatic carbocycles. The first-order valence-electron chi connectivity index (χ1n) is 8.62. The maximum atomic E-state index is 12.8. The molecule has 0 radical (unpaired) electrons. The molecule has 0 aliphatic rings. The number of aryl methyl sites for hydroxylation is 1. The number of ether oxygens (including phenoxy) is 1. The lowest BCUT2D eigenvalue weighted by molar-refractivity contribution is 0.0988. The van der Waals surface area contributed by atoms with Crippen molar-refractivity contribution in [3.8, 4) is 5.75 Å². The fourth-order valence-corrected chi connectivity index (χ4v) is 2.62. The third-order valence-electron chi connectivity index (χ3n) is 4.13. The van der Waals surface area contributed by atoms with Gasteiger partial charge in [-0.25, -0.2) is 9.97 Å². The number of aromatic nitrogens is 2. The number of para-hydroxylation sites is 1. The van der Waals surface area contributed by atoms with Crippen LogP contribution in [0.15, 0.2) is 60.7 Å². The Balaban J connectivity index is 1.74. The topological polar surface area (TPSA) is 67.3 Å². The molecule has 0 unspecified atom stereocenters. The van der Waals surface area contributed by atoms with Crippen LogP contribution in [0.5, 0.6) is 5.75 Å². The number of hydrogen-bond donors (Lipinski definition) is 1. The Bertz CT molecular complexity index is 911. The van der Waals surface area contributed by atoms with Gasteiger partial charge in [0.15, 0.2) is 0 Å². The van der Waals surface area contributed by atoms with Gasteiger partial charge in [-0.05, 0) is 42.8 Å². The monoisotopic (exact) mass is 362 g/mol. The Morgan fingerprint density at radius 2 is 1.78 bits per heavy atom. The Hall–Kier alpha value is -3.41. The molecule has 138 valence electrons. The zero-order valence-corrected chi connectivity index (χ0v) is 15.6. The summed E-state index contributed by atoms with van der Waals surface area (Å²) >= 11 is 0. The third kappa shape index (κ3) is 4.61. The molecule has 1 N–H and O–H groups in total. The van der Waals surface area contributed by atoms with Gasteiger partial charge < -0.3 is 15.0 Å². The van der Waals surface area contributed by atoms with Gasteiger partial charge in [-0.1, -0.05) is 30.3 Å². The van der Waals surface area contributed by atoms with Gasteiger partial charge >= 0.3 is 0 Å². The molecule has 6 nitrogen and oxygen atoms in total. The molecular weight excluding hydrogens is 340 g/mol. The van der Waals surface area contributed by atoms with Crippen LogP contribution in [0.4, 0.5) is 11.6 Å². The molecule has 0 saturated heterocycles. The molecule has 0 fully saturated rings. The van der Waals surface area contributed by atoms with Gasteiger partial charge in [0.2, 0.25) is 5.95 Å². The number of nitrogens with zero attached hydrogens (tertiary/aromatic N) is 3. The highest BCUT2D eigenvalue weighted by Gasteiger charge is 2.16. The minimum Gasteiger partial charge on any atom is -0.497 e. The Morgan fingerprint density at radius 1 is 1.07 bits per heavy atom. The standard InChI is InChI=1S/C21H22N4O2/c1-15-13-19(20(26)25(2)17-7-5-4-6-8-17)24-21(23-15)22-14-16-9-11-18(27-3)12-10-16/h4-13H,14H2,1-3H3,(H,22,23,24). The molecule has 0 saturated carbocycles. The number of anilines is 2. The molecule has 0 atom stereocenters. The second-order valence-electron chi connectivity index (χ2n) is 6.12. The number of hydrogen-bond acceptors (Lipinski definition) is 5. The van der Waals surface area contributed by atoms with Gasteiger partial charge in [0.25, 0.3) is 5.91 Å². The van der Waals surface area contributed by atoms with E-state index >= 15 is 0 Å². The van der Waals surface area contributed by atoms with Crippen LogP contribution in [0.1, 0.15) is 21.7 Å². The van der Waals surface area contributed by atoms with Gasteiger partial charge in [0.05, 0.1) is 7.11 Å². The van der Waals surface area contributed by atoms with Crippen LogP contribution >= 0.6 is 0 Å². The highest BCUT2D eigenvalue weighted by Crippen LogP contribution is 2.16. The smallest absolute Gasteiger partial charge is 0.276 e. The largest absolute Gasteiger partial charge is 0.497 e. The van der Waals surface area contributed by atoms with E-state index in [1.54, 1.807) is 25.1 Å². The highest BCUT2D eigenvalue weighted by molar-refractivity contribution is 6.04. The first kappa shape index (κ1) is 18.4. The van der Waals surface area contributed by atoms with Crippen molar-refractivity contribution in [2.75, 3.05) is 24.4 Å². The van der Waals surface area contributed by atoms with E-state index in [1.165, 1.54) is 0 Å². The van der Waals surface area contributed by atoms with Crippen molar-refractivity contribution in [3.63, 3.8) is 0 Å². The van der Waals surface area contributed by atoms with Crippen LogP contribution in [-0.4, -0.2) is 30.0 Å². The summed E-state index contributed by atoms with van der Waals surface area (Å²) in [4.78, 5) is 23.1. The number of carbonyl (C=O) groups is 1. The average Bonchev–Trinajstić information content (AvgIpc) is 2.71. The number of nitrogens with one attached hydrogen (secondary N) is 1. The average molecular weight is 362 g/mol. The van der Waals surface area contributed by atoms with Crippen molar-refractivity contribution >= 4 is 17.5 Å². The van der Waals surface area contributed by atoms with Crippen LogP contribution in [0, 0.1) is 6.92 Å². The van der Waals surface area contributed by atoms with Crippen molar-refractivity contribution < 1.29 is 9.53 Å². The van der Waals surface area contributed by atoms with E-state index in [1.807, 2.05) is 61.5 Å². The Labute approximate surface area is 158 Å². The summed E-state index contributed by atoms with van der Waals surface area (Å²) < 4.78 is 5.16. The van der Waals surface area contributed by atoms with Gasteiger partial charge in [0, 0.05) is 25.0 Å². The van der Waals surface area contributed by atoms with Gasteiger partial charge in [-0.2, -0.15) is 0 Å². The quantitative estimate of drug-likeness (QED) is 0.724. The van der Waals surface area contributed by atoms with Crippen molar-refractivity contribution in [1.29, 1.82) is 0 Å². The Kier molecular flexibility index (Phi) is 5.66. The fourth-order valence-electron chi connectivity index (χ4n) is 2.62. The summed E-state index contributed by atoms with van der Waals surface area (Å²) in [5.41, 5.74) is 2.96. The Morgan fingerprint density at radius 3 is 2.44 bits per heavy atom. The van der Waals surface area contributed by atoms with Crippen LogP contribution < -0.4 is 15.0 Å². The van der Waals surface area contributed by atoms with Crippen LogP contribution in [-0.2, 0) is 6.54 Å². The van der Waals surface area contributed by atoms with Crippen molar-refractivity contribution in [1.82, 2.24) is 9.97 Å². The number of carbonyl (C=O) groups excluding carboxylic acids is 1. The van der Waals surface area contributed by atoms with E-state index in [0.29, 0.717) is 18.2 Å². The van der Waals surface area contributed by atoms with Crippen LogP contribution in [0.3, 0.4) is 0 Å². The lowest BCUT2D eigenvalue weighted by Crippen LogP contribution is -2.27. The lowest BCUT2D eigenvalue weighted by Gasteiger charge is -2.17. The molecule has 27 heavy (non-hydrogen) atoms. The third-order valence-corrected chi connectivity index (χ3v) is 4.13. The van der Waals surface area contributed by atoms with Gasteiger partial charge in [-0.3, -0.25) is 4.79 Å². The van der Waals surface area contributed by atoms with E-state index in [4.69, 9.17) is 4.74 Å². The van der Waals surface area contributed by atoms with Crippen molar-refractivity contribution in [3.05, 3.63) is 77.6 Å².